The fourth-order valence-electron chi connectivity index (χ4n) is 2.86. The summed E-state index contributed by atoms with van der Waals surface area (Å²) >= 11 is 1.36. The Morgan fingerprint density at radius 3 is 2.17 bits per heavy atom. The van der Waals surface area contributed by atoms with Crippen molar-refractivity contribution in [2.24, 2.45) is 0 Å². The zero-order valence-corrected chi connectivity index (χ0v) is 16.9. The van der Waals surface area contributed by atoms with E-state index >= 15 is 0 Å². The molecule has 0 unspecified atom stereocenters. The average molecular weight is 401 g/mol. The van der Waals surface area contributed by atoms with Gasteiger partial charge in [0.1, 0.15) is 5.01 Å². The van der Waals surface area contributed by atoms with Gasteiger partial charge in [0.2, 0.25) is 5.13 Å². The van der Waals surface area contributed by atoms with E-state index in [2.05, 4.69) is 51.5 Å². The lowest BCUT2D eigenvalue weighted by atomic mass is 9.85. The van der Waals surface area contributed by atoms with Crippen LogP contribution >= 0.6 is 11.3 Å². The molecule has 0 saturated heterocycles. The smallest absolute Gasteiger partial charge is 0.260 e. The molecule has 2 heterocycles. The molecule has 0 atom stereocenters. The Bertz CT molecular complexity index is 1110. The summed E-state index contributed by atoms with van der Waals surface area (Å²) in [6, 6.07) is 19.7. The number of rotatable bonds is 5. The summed E-state index contributed by atoms with van der Waals surface area (Å²) in [5, 5.41) is 12.5. The molecule has 0 spiro atoms. The lowest BCUT2D eigenvalue weighted by Gasteiger charge is -2.21. The van der Waals surface area contributed by atoms with Crippen LogP contribution in [0.2, 0.25) is 0 Å². The van der Waals surface area contributed by atoms with Crippen LogP contribution in [0.5, 0.6) is 0 Å². The zero-order chi connectivity index (χ0) is 20.3. The minimum absolute atomic E-state index is 0.303. The first-order chi connectivity index (χ1) is 14.0. The Morgan fingerprint density at radius 2 is 1.52 bits per heavy atom. The van der Waals surface area contributed by atoms with Crippen LogP contribution in [0.25, 0.3) is 11.4 Å². The van der Waals surface area contributed by atoms with Crippen molar-refractivity contribution in [2.45, 2.75) is 19.3 Å². The Labute approximate surface area is 172 Å². The molecule has 0 fully saturated rings. The summed E-state index contributed by atoms with van der Waals surface area (Å²) < 4.78 is 0. The van der Waals surface area contributed by atoms with E-state index < -0.39 is 0 Å². The molecule has 2 aromatic carbocycles. The van der Waals surface area contributed by atoms with Crippen LogP contribution in [0.15, 0.2) is 73.1 Å². The monoisotopic (exact) mass is 401 g/mol. The number of nitrogens with one attached hydrogen (secondary N) is 1. The summed E-state index contributed by atoms with van der Waals surface area (Å²) in [6.07, 6.45) is 3.03. The van der Waals surface area contributed by atoms with Crippen LogP contribution in [0.4, 0.5) is 5.13 Å². The lowest BCUT2D eigenvalue weighted by molar-refractivity contribution is 0.102. The highest BCUT2D eigenvalue weighted by Gasteiger charge is 2.27. The van der Waals surface area contributed by atoms with Gasteiger partial charge in [0.15, 0.2) is 5.82 Å². The molecule has 7 heteroatoms. The second-order valence-electron chi connectivity index (χ2n) is 7.02. The largest absolute Gasteiger partial charge is 0.296 e. The van der Waals surface area contributed by atoms with Crippen LogP contribution in [0, 0.1) is 0 Å². The molecule has 1 N–H and O–H groups in total. The minimum Gasteiger partial charge on any atom is -0.296 e. The molecular formula is C22H19N5OS. The fraction of sp³-hybridized carbons (Fsp3) is 0.136. The third-order valence-electron chi connectivity index (χ3n) is 4.62. The van der Waals surface area contributed by atoms with Gasteiger partial charge in [0.25, 0.3) is 5.91 Å². The number of carbonyl (C=O) groups is 1. The van der Waals surface area contributed by atoms with E-state index in [0.717, 1.165) is 16.1 Å². The van der Waals surface area contributed by atoms with Crippen LogP contribution in [-0.4, -0.2) is 26.1 Å². The van der Waals surface area contributed by atoms with E-state index in [-0.39, 0.29) is 11.3 Å². The maximum Gasteiger partial charge on any atom is 0.260 e. The van der Waals surface area contributed by atoms with Crippen molar-refractivity contribution in [2.75, 3.05) is 5.32 Å². The van der Waals surface area contributed by atoms with Gasteiger partial charge in [0, 0.05) is 23.4 Å². The second kappa shape index (κ2) is 7.89. The number of benzene rings is 2. The third-order valence-corrected chi connectivity index (χ3v) is 5.78. The molecule has 29 heavy (non-hydrogen) atoms. The molecule has 4 rings (SSSR count). The SMILES string of the molecule is CC(C)(c1ccccc1)c1nnc(NC(=O)c2cnc(-c3ccccc3)nc2)s1. The topological polar surface area (TPSA) is 80.7 Å². The van der Waals surface area contributed by atoms with Crippen molar-refractivity contribution in [3.05, 3.63) is 89.2 Å². The summed E-state index contributed by atoms with van der Waals surface area (Å²) in [5.74, 6) is 0.259. The number of amides is 1. The third kappa shape index (κ3) is 4.05. The first kappa shape index (κ1) is 18.9. The number of hydrogen-bond donors (Lipinski definition) is 1. The summed E-state index contributed by atoms with van der Waals surface area (Å²) in [4.78, 5) is 21.1. The fourth-order valence-corrected chi connectivity index (χ4v) is 3.72. The number of carbonyl (C=O) groups excluding carboxylic acids is 1. The van der Waals surface area contributed by atoms with E-state index in [0.29, 0.717) is 16.5 Å². The first-order valence-corrected chi connectivity index (χ1v) is 9.94. The summed E-state index contributed by atoms with van der Waals surface area (Å²) in [7, 11) is 0. The quantitative estimate of drug-likeness (QED) is 0.530. The Kier molecular flexibility index (Phi) is 5.14. The number of anilines is 1. The van der Waals surface area contributed by atoms with Crippen LogP contribution < -0.4 is 5.32 Å². The number of aromatic nitrogens is 4. The molecule has 0 radical (unpaired) electrons. The molecule has 6 nitrogen and oxygen atoms in total. The highest BCUT2D eigenvalue weighted by atomic mass is 32.1. The predicted molar refractivity (Wildman–Crippen MR) is 114 cm³/mol. The maximum atomic E-state index is 12.5. The standard InChI is InChI=1S/C22H19N5OS/c1-22(2,17-11-7-4-8-12-17)20-26-27-21(29-20)25-19(28)16-13-23-18(24-14-16)15-9-5-3-6-10-15/h3-14H,1-2H3,(H,25,27,28). The molecule has 4 aromatic rings. The van der Waals surface area contributed by atoms with E-state index in [1.54, 1.807) is 0 Å². The Balaban J connectivity index is 1.48. The molecule has 2 aromatic heterocycles. The van der Waals surface area contributed by atoms with Gasteiger partial charge < -0.3 is 0 Å². The van der Waals surface area contributed by atoms with Crippen LogP contribution in [0.1, 0.15) is 34.8 Å². The van der Waals surface area contributed by atoms with E-state index in [9.17, 15) is 4.79 Å². The Hall–Kier alpha value is -3.45. The molecule has 0 aliphatic carbocycles. The predicted octanol–water partition coefficient (Wildman–Crippen LogP) is 4.57. The number of nitrogens with zero attached hydrogens (tertiary/aromatic N) is 4. The van der Waals surface area contributed by atoms with Gasteiger partial charge in [-0.25, -0.2) is 9.97 Å². The van der Waals surface area contributed by atoms with E-state index in [1.165, 1.54) is 23.7 Å². The highest BCUT2D eigenvalue weighted by molar-refractivity contribution is 7.15. The second-order valence-corrected chi connectivity index (χ2v) is 8.00. The van der Waals surface area contributed by atoms with Gasteiger partial charge in [-0.1, -0.05) is 72.0 Å². The van der Waals surface area contributed by atoms with Gasteiger partial charge >= 0.3 is 0 Å². The van der Waals surface area contributed by atoms with Crippen molar-refractivity contribution < 1.29 is 4.79 Å². The molecule has 1 amide bonds. The van der Waals surface area contributed by atoms with Crippen LogP contribution in [0.3, 0.4) is 0 Å². The molecule has 0 bridgehead atoms. The zero-order valence-electron chi connectivity index (χ0n) is 16.0. The molecule has 0 aliphatic heterocycles. The molecule has 144 valence electrons. The minimum atomic E-state index is -0.315. The number of hydrogen-bond acceptors (Lipinski definition) is 6. The summed E-state index contributed by atoms with van der Waals surface area (Å²) in [6.45, 7) is 4.18. The lowest BCUT2D eigenvalue weighted by Crippen LogP contribution is -2.18. The molecule has 0 aliphatic rings. The molecule has 0 saturated carbocycles. The Morgan fingerprint density at radius 1 is 0.897 bits per heavy atom. The van der Waals surface area contributed by atoms with E-state index in [1.807, 2.05) is 48.5 Å². The van der Waals surface area contributed by atoms with Crippen molar-refractivity contribution in [1.82, 2.24) is 20.2 Å². The summed E-state index contributed by atoms with van der Waals surface area (Å²) in [5.41, 5.74) is 2.10. The van der Waals surface area contributed by atoms with Crippen molar-refractivity contribution in [3.8, 4) is 11.4 Å². The first-order valence-electron chi connectivity index (χ1n) is 9.12. The van der Waals surface area contributed by atoms with Gasteiger partial charge in [-0.3, -0.25) is 10.1 Å². The maximum absolute atomic E-state index is 12.5. The van der Waals surface area contributed by atoms with Gasteiger partial charge in [0.05, 0.1) is 5.56 Å². The highest BCUT2D eigenvalue weighted by Crippen LogP contribution is 2.34. The molecular weight excluding hydrogens is 382 g/mol. The normalized spacial score (nSPS) is 11.2. The van der Waals surface area contributed by atoms with Gasteiger partial charge in [-0.15, -0.1) is 10.2 Å². The van der Waals surface area contributed by atoms with Gasteiger partial charge in [-0.05, 0) is 19.4 Å². The van der Waals surface area contributed by atoms with Crippen LogP contribution in [-0.2, 0) is 5.41 Å². The van der Waals surface area contributed by atoms with Crippen molar-refractivity contribution in [1.29, 1.82) is 0 Å². The van der Waals surface area contributed by atoms with Gasteiger partial charge in [-0.2, -0.15) is 0 Å². The average Bonchev–Trinajstić information content (AvgIpc) is 3.24. The van der Waals surface area contributed by atoms with Crippen molar-refractivity contribution in [3.63, 3.8) is 0 Å². The van der Waals surface area contributed by atoms with E-state index in [4.69, 9.17) is 0 Å². The van der Waals surface area contributed by atoms with Crippen molar-refractivity contribution >= 4 is 22.4 Å².